The first-order valence-corrected chi connectivity index (χ1v) is 8.25. The Morgan fingerprint density at radius 3 is 2.08 bits per heavy atom. The van der Waals surface area contributed by atoms with Crippen LogP contribution in [-0.2, 0) is 23.9 Å². The van der Waals surface area contributed by atoms with Crippen LogP contribution in [0.25, 0.3) is 0 Å². The topological polar surface area (TPSA) is 165 Å². The molecule has 26 heavy (non-hydrogen) atoms. The van der Waals surface area contributed by atoms with Gasteiger partial charge in [-0.05, 0) is 47.0 Å². The summed E-state index contributed by atoms with van der Waals surface area (Å²) in [6.45, 7) is 7.55. The number of aliphatic carboxylic acids is 2. The van der Waals surface area contributed by atoms with Crippen LogP contribution < -0.4 is 11.1 Å². The minimum absolute atomic E-state index is 0.159. The average Bonchev–Trinajstić information content (AvgIpc) is 2.48. The number of nitrogens with one attached hydrogen (secondary N) is 1. The van der Waals surface area contributed by atoms with Gasteiger partial charge in [0, 0.05) is 12.1 Å². The second kappa shape index (κ2) is 10.6. The number of rotatable bonds is 3. The van der Waals surface area contributed by atoms with Crippen molar-refractivity contribution in [1.82, 2.24) is 5.32 Å². The van der Waals surface area contributed by atoms with E-state index in [1.54, 1.807) is 27.7 Å². The van der Waals surface area contributed by atoms with E-state index < -0.39 is 23.6 Å². The van der Waals surface area contributed by atoms with Crippen molar-refractivity contribution in [3.63, 3.8) is 0 Å². The highest BCUT2D eigenvalue weighted by molar-refractivity contribution is 6.27. The number of carbonyl (C=O) groups is 4. The molecule has 10 heteroatoms. The van der Waals surface area contributed by atoms with Crippen molar-refractivity contribution in [2.45, 2.75) is 64.6 Å². The Kier molecular flexibility index (Phi) is 9.63. The lowest BCUT2D eigenvalue weighted by molar-refractivity contribution is -0.159. The van der Waals surface area contributed by atoms with Crippen LogP contribution >= 0.6 is 0 Å². The lowest BCUT2D eigenvalue weighted by atomic mass is 9.83. The maximum atomic E-state index is 11.8. The van der Waals surface area contributed by atoms with E-state index in [1.807, 2.05) is 0 Å². The van der Waals surface area contributed by atoms with E-state index in [9.17, 15) is 9.59 Å². The summed E-state index contributed by atoms with van der Waals surface area (Å²) in [4.78, 5) is 41.7. The molecule has 0 saturated heterocycles. The third kappa shape index (κ3) is 9.82. The van der Waals surface area contributed by atoms with Gasteiger partial charge in [0.15, 0.2) is 0 Å². The summed E-state index contributed by atoms with van der Waals surface area (Å²) >= 11 is 0. The second-order valence-electron chi connectivity index (χ2n) is 6.79. The highest BCUT2D eigenvalue weighted by atomic mass is 16.6. The summed E-state index contributed by atoms with van der Waals surface area (Å²) in [5.41, 5.74) is 5.45. The van der Waals surface area contributed by atoms with Crippen molar-refractivity contribution >= 4 is 24.0 Å². The van der Waals surface area contributed by atoms with Crippen LogP contribution in [-0.4, -0.2) is 58.5 Å². The third-order valence-corrected chi connectivity index (χ3v) is 3.41. The molecule has 1 amide bonds. The van der Waals surface area contributed by atoms with E-state index >= 15 is 0 Å². The van der Waals surface area contributed by atoms with Crippen molar-refractivity contribution < 1.29 is 38.9 Å². The Morgan fingerprint density at radius 2 is 1.65 bits per heavy atom. The molecule has 0 aromatic carbocycles. The largest absolute Gasteiger partial charge is 0.473 e. The molecule has 5 N–H and O–H groups in total. The van der Waals surface area contributed by atoms with Gasteiger partial charge in [0.2, 0.25) is 0 Å². The molecule has 3 atom stereocenters. The smallest absolute Gasteiger partial charge is 0.414 e. The summed E-state index contributed by atoms with van der Waals surface area (Å²) in [5.74, 6) is -4.06. The van der Waals surface area contributed by atoms with Gasteiger partial charge >= 0.3 is 24.0 Å². The molecule has 0 radical (unpaired) electrons. The Morgan fingerprint density at radius 1 is 1.12 bits per heavy atom. The third-order valence-electron chi connectivity index (χ3n) is 3.41. The first kappa shape index (κ1) is 23.6. The molecule has 3 unspecified atom stereocenters. The fourth-order valence-electron chi connectivity index (χ4n) is 2.29. The summed E-state index contributed by atoms with van der Waals surface area (Å²) in [6, 6.07) is -0.416. The predicted octanol–water partition coefficient (Wildman–Crippen LogP) is 0.726. The zero-order valence-corrected chi connectivity index (χ0v) is 15.5. The number of alkyl carbamates (subject to hydrolysis) is 1. The molecule has 1 aliphatic rings. The first-order valence-electron chi connectivity index (χ1n) is 8.25. The number of carboxylic acid groups (broad SMARTS) is 2. The van der Waals surface area contributed by atoms with Gasteiger partial charge in [0.05, 0.1) is 12.5 Å². The van der Waals surface area contributed by atoms with Crippen LogP contribution in [0.1, 0.15) is 47.0 Å². The molecule has 0 heterocycles. The normalized spacial score (nSPS) is 22.3. The van der Waals surface area contributed by atoms with Crippen molar-refractivity contribution in [1.29, 1.82) is 0 Å². The van der Waals surface area contributed by atoms with Crippen molar-refractivity contribution in [2.75, 3.05) is 6.61 Å². The van der Waals surface area contributed by atoms with Crippen LogP contribution in [0.5, 0.6) is 0 Å². The van der Waals surface area contributed by atoms with E-state index in [4.69, 9.17) is 35.0 Å². The average molecular weight is 376 g/mol. The van der Waals surface area contributed by atoms with E-state index in [1.165, 1.54) is 0 Å². The highest BCUT2D eigenvalue weighted by Gasteiger charge is 2.34. The second-order valence-corrected chi connectivity index (χ2v) is 6.79. The molecule has 0 spiro atoms. The lowest BCUT2D eigenvalue weighted by Crippen LogP contribution is -2.53. The number of hydrogen-bond donors (Lipinski definition) is 4. The highest BCUT2D eigenvalue weighted by Crippen LogP contribution is 2.25. The van der Waals surface area contributed by atoms with Crippen molar-refractivity contribution in [2.24, 2.45) is 11.7 Å². The number of carbonyl (C=O) groups excluding carboxylic acids is 2. The Labute approximate surface area is 152 Å². The number of ether oxygens (including phenoxy) is 2. The van der Waals surface area contributed by atoms with Crippen molar-refractivity contribution in [3.8, 4) is 0 Å². The van der Waals surface area contributed by atoms with Gasteiger partial charge in [0.1, 0.15) is 5.60 Å². The van der Waals surface area contributed by atoms with Crippen molar-refractivity contribution in [3.05, 3.63) is 0 Å². The van der Waals surface area contributed by atoms with E-state index in [0.717, 1.165) is 0 Å². The standard InChI is InChI=1S/C14H26N2O4.C2H2O4/c1-5-19-12(17)9-6-7-10(15)11(8-9)16-13(18)20-14(2,3)4;3-1(4)2(5)6/h9-11H,5-8,15H2,1-4H3,(H,16,18);(H,3,4)(H,5,6). The number of esters is 1. The molecule has 0 aliphatic heterocycles. The number of nitrogens with two attached hydrogens (primary N) is 1. The predicted molar refractivity (Wildman–Crippen MR) is 90.4 cm³/mol. The van der Waals surface area contributed by atoms with Gasteiger partial charge < -0.3 is 30.7 Å². The molecule has 0 aromatic heterocycles. The van der Waals surface area contributed by atoms with Crippen LogP contribution in [0.3, 0.4) is 0 Å². The fraction of sp³-hybridized carbons (Fsp3) is 0.750. The summed E-state index contributed by atoms with van der Waals surface area (Å²) in [5, 5.41) is 17.5. The maximum Gasteiger partial charge on any atom is 0.414 e. The molecular weight excluding hydrogens is 348 g/mol. The van der Waals surface area contributed by atoms with Gasteiger partial charge in [-0.2, -0.15) is 0 Å². The minimum atomic E-state index is -1.82. The summed E-state index contributed by atoms with van der Waals surface area (Å²) < 4.78 is 10.2. The SMILES string of the molecule is CCOC(=O)C1CCC(N)C(NC(=O)OC(C)(C)C)C1.O=C(O)C(=O)O. The molecule has 150 valence electrons. The molecule has 1 rings (SSSR count). The van der Waals surface area contributed by atoms with Crippen LogP contribution in [0.4, 0.5) is 4.79 Å². The Balaban J connectivity index is 0.000000896. The lowest BCUT2D eigenvalue weighted by Gasteiger charge is -2.34. The Hall–Kier alpha value is -2.36. The molecule has 10 nitrogen and oxygen atoms in total. The van der Waals surface area contributed by atoms with Gasteiger partial charge in [-0.1, -0.05) is 0 Å². The molecule has 1 saturated carbocycles. The number of hydrogen-bond acceptors (Lipinski definition) is 7. The van der Waals surface area contributed by atoms with Crippen LogP contribution in [0.15, 0.2) is 0 Å². The zero-order valence-electron chi connectivity index (χ0n) is 15.5. The van der Waals surface area contributed by atoms with E-state index in [2.05, 4.69) is 5.32 Å². The molecule has 0 aromatic rings. The quantitative estimate of drug-likeness (QED) is 0.410. The fourth-order valence-corrected chi connectivity index (χ4v) is 2.29. The molecule has 1 aliphatic carbocycles. The maximum absolute atomic E-state index is 11.8. The van der Waals surface area contributed by atoms with Gasteiger partial charge in [0.25, 0.3) is 0 Å². The van der Waals surface area contributed by atoms with E-state index in [0.29, 0.717) is 25.9 Å². The zero-order chi connectivity index (χ0) is 20.5. The van der Waals surface area contributed by atoms with Gasteiger partial charge in [-0.15, -0.1) is 0 Å². The monoisotopic (exact) mass is 376 g/mol. The number of carboxylic acids is 2. The number of amides is 1. The minimum Gasteiger partial charge on any atom is -0.473 e. The van der Waals surface area contributed by atoms with Gasteiger partial charge in [-0.25, -0.2) is 14.4 Å². The summed E-state index contributed by atoms with van der Waals surface area (Å²) in [6.07, 6.45) is 1.39. The molecule has 0 bridgehead atoms. The van der Waals surface area contributed by atoms with Crippen LogP contribution in [0, 0.1) is 5.92 Å². The first-order chi connectivity index (χ1) is 11.9. The van der Waals surface area contributed by atoms with E-state index in [-0.39, 0.29) is 24.0 Å². The summed E-state index contributed by atoms with van der Waals surface area (Å²) in [7, 11) is 0. The Bertz CT molecular complexity index is 503. The molecule has 1 fully saturated rings. The van der Waals surface area contributed by atoms with Gasteiger partial charge in [-0.3, -0.25) is 4.79 Å². The molecular formula is C16H28N2O8. The van der Waals surface area contributed by atoms with Crippen LogP contribution in [0.2, 0.25) is 0 Å².